The van der Waals surface area contributed by atoms with Crippen molar-refractivity contribution in [1.82, 2.24) is 9.38 Å². The molecule has 4 nitrogen and oxygen atoms in total. The second kappa shape index (κ2) is 4.65. The highest BCUT2D eigenvalue weighted by molar-refractivity contribution is 6.33. The van der Waals surface area contributed by atoms with Crippen LogP contribution in [0.3, 0.4) is 0 Å². The fraction of sp³-hybridized carbons (Fsp3) is 0.0667. The van der Waals surface area contributed by atoms with Crippen LogP contribution in [0.15, 0.2) is 42.6 Å². The smallest absolute Gasteiger partial charge is 0.337 e. The van der Waals surface area contributed by atoms with E-state index in [9.17, 15) is 9.90 Å². The Morgan fingerprint density at radius 2 is 2.10 bits per heavy atom. The van der Waals surface area contributed by atoms with Crippen molar-refractivity contribution in [3.05, 3.63) is 58.9 Å². The van der Waals surface area contributed by atoms with E-state index < -0.39 is 5.97 Å². The molecule has 0 fully saturated rings. The number of benzene rings is 1. The van der Waals surface area contributed by atoms with Crippen LogP contribution in [-0.4, -0.2) is 20.5 Å². The summed E-state index contributed by atoms with van der Waals surface area (Å²) >= 11 is 6.12. The number of halogens is 1. The molecule has 0 aliphatic rings. The zero-order valence-electron chi connectivity index (χ0n) is 10.7. The van der Waals surface area contributed by atoms with Crippen molar-refractivity contribution in [2.75, 3.05) is 0 Å². The Hall–Kier alpha value is -2.33. The highest BCUT2D eigenvalue weighted by Gasteiger charge is 2.17. The molecule has 1 aromatic carbocycles. The third-order valence-electron chi connectivity index (χ3n) is 3.13. The summed E-state index contributed by atoms with van der Waals surface area (Å²) in [4.78, 5) is 15.6. The first-order valence-corrected chi connectivity index (χ1v) is 6.42. The van der Waals surface area contributed by atoms with Gasteiger partial charge in [-0.1, -0.05) is 35.4 Å². The second-order valence-electron chi connectivity index (χ2n) is 4.54. The molecule has 3 rings (SSSR count). The molecule has 0 radical (unpaired) electrons. The lowest BCUT2D eigenvalue weighted by Gasteiger charge is -2.03. The number of hydrogen-bond donors (Lipinski definition) is 1. The Kier molecular flexibility index (Phi) is 2.95. The second-order valence-corrected chi connectivity index (χ2v) is 4.90. The van der Waals surface area contributed by atoms with Crippen molar-refractivity contribution in [3.63, 3.8) is 0 Å². The van der Waals surface area contributed by atoms with Crippen molar-refractivity contribution < 1.29 is 9.90 Å². The number of carboxylic acids is 1. The van der Waals surface area contributed by atoms with Gasteiger partial charge in [-0.3, -0.25) is 4.40 Å². The van der Waals surface area contributed by atoms with E-state index in [4.69, 9.17) is 11.6 Å². The number of aryl methyl sites for hydroxylation is 1. The lowest BCUT2D eigenvalue weighted by atomic mass is 10.1. The molecule has 20 heavy (non-hydrogen) atoms. The Morgan fingerprint density at radius 3 is 2.80 bits per heavy atom. The number of rotatable bonds is 2. The molecule has 2 heterocycles. The van der Waals surface area contributed by atoms with E-state index in [2.05, 4.69) is 4.98 Å². The molecule has 3 aromatic rings. The number of hydrogen-bond acceptors (Lipinski definition) is 2. The minimum absolute atomic E-state index is 0.143. The molecule has 100 valence electrons. The molecular weight excluding hydrogens is 276 g/mol. The zero-order chi connectivity index (χ0) is 14.3. The average Bonchev–Trinajstić information content (AvgIpc) is 2.76. The van der Waals surface area contributed by atoms with Gasteiger partial charge < -0.3 is 5.11 Å². The quantitative estimate of drug-likeness (QED) is 0.782. The number of fused-ring (bicyclic) bond motifs is 1. The number of aromatic nitrogens is 2. The predicted octanol–water partition coefficient (Wildman–Crippen LogP) is 3.66. The normalized spacial score (nSPS) is 10.9. The van der Waals surface area contributed by atoms with E-state index in [0.717, 1.165) is 11.1 Å². The number of pyridine rings is 1. The fourth-order valence-electron chi connectivity index (χ4n) is 2.26. The maximum absolute atomic E-state index is 11.3. The number of carbonyl (C=O) groups is 1. The molecule has 0 aliphatic carbocycles. The Bertz CT molecular complexity index is 824. The van der Waals surface area contributed by atoms with Crippen molar-refractivity contribution in [2.45, 2.75) is 6.92 Å². The summed E-state index contributed by atoms with van der Waals surface area (Å²) < 4.78 is 1.71. The molecule has 2 aromatic heterocycles. The van der Waals surface area contributed by atoms with Crippen molar-refractivity contribution in [1.29, 1.82) is 0 Å². The van der Waals surface area contributed by atoms with Crippen LogP contribution in [0.1, 0.15) is 15.9 Å². The Morgan fingerprint density at radius 1 is 1.30 bits per heavy atom. The van der Waals surface area contributed by atoms with Crippen LogP contribution in [-0.2, 0) is 0 Å². The minimum Gasteiger partial charge on any atom is -0.478 e. The number of nitrogens with zero attached hydrogens (tertiary/aromatic N) is 2. The maximum atomic E-state index is 11.3. The molecule has 0 aliphatic heterocycles. The lowest BCUT2D eigenvalue weighted by molar-refractivity contribution is 0.0698. The first kappa shape index (κ1) is 12.7. The van der Waals surface area contributed by atoms with Crippen LogP contribution in [0, 0.1) is 6.92 Å². The number of aromatic carboxylic acids is 1. The largest absolute Gasteiger partial charge is 0.478 e. The molecule has 0 unspecified atom stereocenters. The molecule has 0 bridgehead atoms. The van der Waals surface area contributed by atoms with Crippen LogP contribution in [0.5, 0.6) is 0 Å². The Labute approximate surface area is 120 Å². The van der Waals surface area contributed by atoms with Gasteiger partial charge in [0.2, 0.25) is 0 Å². The maximum Gasteiger partial charge on any atom is 0.337 e. The van der Waals surface area contributed by atoms with Gasteiger partial charge >= 0.3 is 5.97 Å². The fourth-order valence-corrected chi connectivity index (χ4v) is 2.53. The van der Waals surface area contributed by atoms with Gasteiger partial charge in [-0.25, -0.2) is 9.78 Å². The van der Waals surface area contributed by atoms with Gasteiger partial charge in [0.05, 0.1) is 11.1 Å². The number of carboxylic acid groups (broad SMARTS) is 1. The van der Waals surface area contributed by atoms with Crippen LogP contribution < -0.4 is 0 Å². The predicted molar refractivity (Wildman–Crippen MR) is 77.3 cm³/mol. The van der Waals surface area contributed by atoms with E-state index in [-0.39, 0.29) is 10.7 Å². The van der Waals surface area contributed by atoms with Crippen molar-refractivity contribution >= 4 is 23.1 Å². The molecular formula is C15H11ClN2O2. The summed E-state index contributed by atoms with van der Waals surface area (Å²) in [5.74, 6) is -0.384. The van der Waals surface area contributed by atoms with E-state index in [0.29, 0.717) is 11.3 Å². The van der Waals surface area contributed by atoms with Crippen molar-refractivity contribution in [3.8, 4) is 11.4 Å². The summed E-state index contributed by atoms with van der Waals surface area (Å²) in [6, 6.07) is 11.0. The lowest BCUT2D eigenvalue weighted by Crippen LogP contribution is -2.00. The monoisotopic (exact) mass is 286 g/mol. The summed E-state index contributed by atoms with van der Waals surface area (Å²) in [7, 11) is 0. The Balaban J connectivity index is 2.34. The zero-order valence-corrected chi connectivity index (χ0v) is 11.4. The van der Waals surface area contributed by atoms with E-state index >= 15 is 0 Å². The first-order valence-electron chi connectivity index (χ1n) is 6.05. The molecule has 0 atom stereocenters. The topological polar surface area (TPSA) is 54.6 Å². The van der Waals surface area contributed by atoms with Gasteiger partial charge in [-0.05, 0) is 25.1 Å². The van der Waals surface area contributed by atoms with Crippen LogP contribution in [0.4, 0.5) is 0 Å². The summed E-state index contributed by atoms with van der Waals surface area (Å²) in [6.45, 7) is 1.99. The molecule has 0 spiro atoms. The van der Waals surface area contributed by atoms with E-state index in [1.807, 2.05) is 31.2 Å². The molecule has 5 heteroatoms. The summed E-state index contributed by atoms with van der Waals surface area (Å²) in [5.41, 5.74) is 2.56. The molecule has 0 saturated carbocycles. The van der Waals surface area contributed by atoms with Gasteiger partial charge in [-0.2, -0.15) is 0 Å². The van der Waals surface area contributed by atoms with E-state index in [1.165, 1.54) is 6.07 Å². The number of imidazole rings is 1. The van der Waals surface area contributed by atoms with Crippen LogP contribution in [0.25, 0.3) is 16.9 Å². The van der Waals surface area contributed by atoms with Gasteiger partial charge in [0, 0.05) is 11.8 Å². The average molecular weight is 287 g/mol. The summed E-state index contributed by atoms with van der Waals surface area (Å²) in [6.07, 6.45) is 1.76. The van der Waals surface area contributed by atoms with Gasteiger partial charge in [0.15, 0.2) is 5.15 Å². The first-order chi connectivity index (χ1) is 9.58. The van der Waals surface area contributed by atoms with Crippen LogP contribution >= 0.6 is 11.6 Å². The third-order valence-corrected chi connectivity index (χ3v) is 3.39. The van der Waals surface area contributed by atoms with Crippen LogP contribution in [0.2, 0.25) is 5.15 Å². The highest BCUT2D eigenvalue weighted by atomic mass is 35.5. The van der Waals surface area contributed by atoms with E-state index in [1.54, 1.807) is 16.7 Å². The minimum atomic E-state index is -1.02. The van der Waals surface area contributed by atoms with Gasteiger partial charge in [0.25, 0.3) is 0 Å². The highest BCUT2D eigenvalue weighted by Crippen LogP contribution is 2.28. The van der Waals surface area contributed by atoms with Gasteiger partial charge in [0.1, 0.15) is 5.82 Å². The summed E-state index contributed by atoms with van der Waals surface area (Å²) in [5, 5.41) is 9.43. The van der Waals surface area contributed by atoms with Crippen molar-refractivity contribution in [2.24, 2.45) is 0 Å². The molecule has 0 amide bonds. The SMILES string of the molecule is Cc1cccc(-c2nc(Cl)c3c(C(=O)O)cccn23)c1. The standard InChI is InChI=1S/C15H11ClN2O2/c1-9-4-2-5-10(8-9)14-17-13(16)12-11(15(19)20)6-3-7-18(12)14/h2-8H,1H3,(H,19,20). The molecule has 0 saturated heterocycles. The van der Waals surface area contributed by atoms with Gasteiger partial charge in [-0.15, -0.1) is 0 Å². The third kappa shape index (κ3) is 1.94. The molecule has 1 N–H and O–H groups in total.